The van der Waals surface area contributed by atoms with E-state index in [1.54, 1.807) is 16.3 Å². The van der Waals surface area contributed by atoms with E-state index in [0.717, 1.165) is 37.7 Å². The number of nitrogens with one attached hydrogen (secondary N) is 2. The van der Waals surface area contributed by atoms with Crippen LogP contribution in [0, 0.1) is 12.8 Å². The minimum absolute atomic E-state index is 0.0287. The Bertz CT molecular complexity index is 978. The van der Waals surface area contributed by atoms with Gasteiger partial charge in [-0.25, -0.2) is 9.78 Å². The molecule has 1 aromatic carbocycles. The van der Waals surface area contributed by atoms with Gasteiger partial charge in [0.1, 0.15) is 0 Å². The number of aromatic nitrogens is 1. The van der Waals surface area contributed by atoms with E-state index in [-0.39, 0.29) is 24.0 Å². The number of aryl methyl sites for hydroxylation is 1. The number of carbonyl (C=O) groups is 3. The number of hydrogen-bond donors (Lipinski definition) is 3. The summed E-state index contributed by atoms with van der Waals surface area (Å²) in [6.07, 6.45) is 4.98. The van der Waals surface area contributed by atoms with Crippen molar-refractivity contribution in [1.82, 2.24) is 9.88 Å². The van der Waals surface area contributed by atoms with Gasteiger partial charge in [-0.05, 0) is 38.3 Å². The van der Waals surface area contributed by atoms with Gasteiger partial charge in [0, 0.05) is 36.5 Å². The Morgan fingerprint density at radius 3 is 2.64 bits per heavy atom. The molecule has 178 valence electrons. The summed E-state index contributed by atoms with van der Waals surface area (Å²) >= 11 is 1.26. The summed E-state index contributed by atoms with van der Waals surface area (Å²) in [6.45, 7) is 5.54. The molecule has 0 bridgehead atoms. The van der Waals surface area contributed by atoms with Gasteiger partial charge < -0.3 is 16.0 Å². The first-order valence-electron chi connectivity index (χ1n) is 11.6. The van der Waals surface area contributed by atoms with Crippen molar-refractivity contribution in [1.29, 1.82) is 0 Å². The molecule has 1 aromatic heterocycles. The van der Waals surface area contributed by atoms with Crippen molar-refractivity contribution >= 4 is 39.9 Å². The highest BCUT2D eigenvalue weighted by Crippen LogP contribution is 2.31. The van der Waals surface area contributed by atoms with E-state index in [1.165, 1.54) is 11.3 Å². The highest BCUT2D eigenvalue weighted by Gasteiger charge is 2.26. The highest BCUT2D eigenvalue weighted by molar-refractivity contribution is 7.14. The number of thiazole rings is 1. The molecule has 4 N–H and O–H groups in total. The van der Waals surface area contributed by atoms with Crippen LogP contribution in [0.4, 0.5) is 15.6 Å². The van der Waals surface area contributed by atoms with Crippen molar-refractivity contribution in [2.24, 2.45) is 11.7 Å². The molecule has 3 amide bonds. The lowest BCUT2D eigenvalue weighted by molar-refractivity contribution is -0.130. The Balaban J connectivity index is 1.62. The Morgan fingerprint density at radius 1 is 1.18 bits per heavy atom. The lowest BCUT2D eigenvalue weighted by Gasteiger charge is -2.20. The zero-order valence-corrected chi connectivity index (χ0v) is 20.2. The van der Waals surface area contributed by atoms with Crippen LogP contribution >= 0.6 is 11.3 Å². The van der Waals surface area contributed by atoms with Gasteiger partial charge in [0.15, 0.2) is 10.9 Å². The summed E-state index contributed by atoms with van der Waals surface area (Å²) in [5.74, 6) is 0.0926. The second kappa shape index (κ2) is 11.9. The number of ketones is 1. The fourth-order valence-electron chi connectivity index (χ4n) is 4.13. The number of nitrogens with two attached hydrogens (primary N) is 1. The van der Waals surface area contributed by atoms with E-state index in [0.29, 0.717) is 41.7 Å². The number of hydrogen-bond acceptors (Lipinski definition) is 6. The van der Waals surface area contributed by atoms with Crippen molar-refractivity contribution in [2.45, 2.75) is 52.4 Å². The number of rotatable bonds is 10. The molecule has 0 radical (unpaired) electrons. The first-order chi connectivity index (χ1) is 15.9. The van der Waals surface area contributed by atoms with Gasteiger partial charge in [-0.2, -0.15) is 0 Å². The number of carbonyl (C=O) groups excluding carboxylic acids is 3. The van der Waals surface area contributed by atoms with Gasteiger partial charge in [0.25, 0.3) is 0 Å². The summed E-state index contributed by atoms with van der Waals surface area (Å²) in [6, 6.07) is 5.01. The molecule has 8 nitrogen and oxygen atoms in total. The molecule has 1 saturated carbocycles. The van der Waals surface area contributed by atoms with Crippen molar-refractivity contribution in [3.05, 3.63) is 40.4 Å². The van der Waals surface area contributed by atoms with Crippen LogP contribution in [0.25, 0.3) is 0 Å². The Labute approximate surface area is 199 Å². The summed E-state index contributed by atoms with van der Waals surface area (Å²) in [5, 5.41) is 7.67. The summed E-state index contributed by atoms with van der Waals surface area (Å²) < 4.78 is 0. The van der Waals surface area contributed by atoms with Gasteiger partial charge >= 0.3 is 6.03 Å². The van der Waals surface area contributed by atoms with Gasteiger partial charge in [0.05, 0.1) is 17.8 Å². The monoisotopic (exact) mass is 471 g/mol. The van der Waals surface area contributed by atoms with E-state index in [9.17, 15) is 14.4 Å². The fraction of sp³-hybridized carbons (Fsp3) is 0.500. The lowest BCUT2D eigenvalue weighted by atomic mass is 9.94. The van der Waals surface area contributed by atoms with Gasteiger partial charge in [-0.15, -0.1) is 11.3 Å². The fourth-order valence-corrected chi connectivity index (χ4v) is 4.83. The van der Waals surface area contributed by atoms with E-state index in [4.69, 9.17) is 5.73 Å². The molecular weight excluding hydrogens is 438 g/mol. The van der Waals surface area contributed by atoms with Crippen molar-refractivity contribution in [3.63, 3.8) is 0 Å². The van der Waals surface area contributed by atoms with Crippen molar-refractivity contribution < 1.29 is 14.4 Å². The molecule has 1 aliphatic carbocycles. The molecule has 0 spiro atoms. The first kappa shape index (κ1) is 24.9. The molecule has 0 saturated heterocycles. The molecule has 9 heteroatoms. The topological polar surface area (TPSA) is 117 Å². The third-order valence-electron chi connectivity index (χ3n) is 5.76. The molecule has 1 aliphatic rings. The Kier molecular flexibility index (Phi) is 8.96. The molecule has 0 aliphatic heterocycles. The Hall–Kier alpha value is -2.78. The van der Waals surface area contributed by atoms with Crippen molar-refractivity contribution in [3.8, 4) is 0 Å². The SMILES string of the molecule is CCCN(CCN)C(=O)Cc1csc(NC(=O)Nc2ccc(C)cc2C(=O)C2CCCC2)n1. The summed E-state index contributed by atoms with van der Waals surface area (Å²) in [5.41, 5.74) is 8.23. The zero-order chi connectivity index (χ0) is 23.8. The number of benzene rings is 1. The lowest BCUT2D eigenvalue weighted by Crippen LogP contribution is -2.37. The maximum atomic E-state index is 13.0. The van der Waals surface area contributed by atoms with Crippen molar-refractivity contribution in [2.75, 3.05) is 30.3 Å². The van der Waals surface area contributed by atoms with Crippen LogP contribution in [0.1, 0.15) is 60.6 Å². The normalized spacial score (nSPS) is 13.7. The van der Waals surface area contributed by atoms with E-state index >= 15 is 0 Å². The molecular formula is C24H33N5O3S. The van der Waals surface area contributed by atoms with Crippen LogP contribution in [0.5, 0.6) is 0 Å². The predicted molar refractivity (Wildman–Crippen MR) is 132 cm³/mol. The summed E-state index contributed by atoms with van der Waals surface area (Å²) in [4.78, 5) is 44.2. The molecule has 2 aromatic rings. The third kappa shape index (κ3) is 6.85. The van der Waals surface area contributed by atoms with Gasteiger partial charge in [-0.1, -0.05) is 31.4 Å². The number of urea groups is 1. The number of amides is 3. The largest absolute Gasteiger partial charge is 0.341 e. The van der Waals surface area contributed by atoms with Crippen LogP contribution in [-0.4, -0.2) is 47.2 Å². The van der Waals surface area contributed by atoms with Crippen LogP contribution in [-0.2, 0) is 11.2 Å². The average Bonchev–Trinajstić information content (AvgIpc) is 3.47. The second-order valence-electron chi connectivity index (χ2n) is 8.46. The molecule has 33 heavy (non-hydrogen) atoms. The number of Topliss-reactive ketones (excluding diaryl/α,β-unsaturated/α-hetero) is 1. The second-order valence-corrected chi connectivity index (χ2v) is 9.32. The van der Waals surface area contributed by atoms with E-state index < -0.39 is 6.03 Å². The first-order valence-corrected chi connectivity index (χ1v) is 12.4. The minimum Gasteiger partial charge on any atom is -0.341 e. The Morgan fingerprint density at radius 2 is 1.94 bits per heavy atom. The molecule has 0 unspecified atom stereocenters. The van der Waals surface area contributed by atoms with Crippen LogP contribution < -0.4 is 16.4 Å². The van der Waals surface area contributed by atoms with E-state index in [1.807, 2.05) is 26.0 Å². The highest BCUT2D eigenvalue weighted by atomic mass is 32.1. The smallest absolute Gasteiger partial charge is 0.325 e. The average molecular weight is 472 g/mol. The van der Waals surface area contributed by atoms with E-state index in [2.05, 4.69) is 15.6 Å². The molecule has 1 heterocycles. The maximum Gasteiger partial charge on any atom is 0.325 e. The van der Waals surface area contributed by atoms with Crippen LogP contribution in [0.2, 0.25) is 0 Å². The van der Waals surface area contributed by atoms with Gasteiger partial charge in [0.2, 0.25) is 5.91 Å². The standard InChI is InChI=1S/C24H33N5O3S/c1-3-11-29(12-10-25)21(30)14-18-15-33-24(26-18)28-23(32)27-20-9-8-16(2)13-19(20)22(31)17-6-4-5-7-17/h8-9,13,15,17H,3-7,10-12,14,25H2,1-2H3,(H2,26,27,28,32). The quantitative estimate of drug-likeness (QED) is 0.449. The predicted octanol–water partition coefficient (Wildman–Crippen LogP) is 4.21. The van der Waals surface area contributed by atoms with Crippen LogP contribution in [0.15, 0.2) is 23.6 Å². The van der Waals surface area contributed by atoms with Gasteiger partial charge in [-0.3, -0.25) is 14.9 Å². The molecule has 1 fully saturated rings. The molecule has 0 atom stereocenters. The maximum absolute atomic E-state index is 13.0. The van der Waals surface area contributed by atoms with Crippen LogP contribution in [0.3, 0.4) is 0 Å². The number of nitrogens with zero attached hydrogens (tertiary/aromatic N) is 2. The third-order valence-corrected chi connectivity index (χ3v) is 6.57. The minimum atomic E-state index is -0.470. The zero-order valence-electron chi connectivity index (χ0n) is 19.4. The summed E-state index contributed by atoms with van der Waals surface area (Å²) in [7, 11) is 0. The number of anilines is 2. The molecule has 3 rings (SSSR count).